The van der Waals surface area contributed by atoms with Gasteiger partial charge in [0, 0.05) is 36.0 Å². The van der Waals surface area contributed by atoms with Gasteiger partial charge in [-0.25, -0.2) is 0 Å². The highest BCUT2D eigenvalue weighted by molar-refractivity contribution is 6.30. The number of amides is 1. The zero-order valence-corrected chi connectivity index (χ0v) is 13.5. The average Bonchev–Trinajstić information content (AvgIpc) is 2.49. The minimum absolute atomic E-state index is 0.0940. The van der Waals surface area contributed by atoms with Crippen LogP contribution in [0.2, 0.25) is 5.02 Å². The van der Waals surface area contributed by atoms with Crippen molar-refractivity contribution in [3.63, 3.8) is 0 Å². The maximum atomic E-state index is 12.2. The molecule has 3 rings (SSSR count). The normalized spacial score (nSPS) is 23.6. The van der Waals surface area contributed by atoms with Crippen LogP contribution in [0.4, 0.5) is 0 Å². The van der Waals surface area contributed by atoms with Crippen molar-refractivity contribution in [2.24, 2.45) is 0 Å². The highest BCUT2D eigenvalue weighted by Crippen LogP contribution is 2.43. The van der Waals surface area contributed by atoms with Crippen LogP contribution < -0.4 is 10.6 Å². The van der Waals surface area contributed by atoms with Crippen molar-refractivity contribution in [2.75, 3.05) is 26.3 Å². The van der Waals surface area contributed by atoms with Crippen molar-refractivity contribution in [1.29, 1.82) is 0 Å². The van der Waals surface area contributed by atoms with Crippen LogP contribution in [0.25, 0.3) is 0 Å². The average molecular weight is 323 g/mol. The van der Waals surface area contributed by atoms with Gasteiger partial charge >= 0.3 is 0 Å². The van der Waals surface area contributed by atoms with Gasteiger partial charge in [-0.2, -0.15) is 0 Å². The van der Waals surface area contributed by atoms with E-state index in [0.29, 0.717) is 19.6 Å². The molecular formula is C17H23ClN2O2. The van der Waals surface area contributed by atoms with Crippen molar-refractivity contribution >= 4 is 17.5 Å². The number of benzene rings is 1. The summed E-state index contributed by atoms with van der Waals surface area (Å²) in [5.74, 6) is 0.100. The highest BCUT2D eigenvalue weighted by Gasteiger charge is 2.38. The van der Waals surface area contributed by atoms with E-state index in [0.717, 1.165) is 31.0 Å². The smallest absolute Gasteiger partial charge is 0.221 e. The Morgan fingerprint density at radius 3 is 2.73 bits per heavy atom. The van der Waals surface area contributed by atoms with Crippen LogP contribution in [0.3, 0.4) is 0 Å². The first kappa shape index (κ1) is 15.8. The summed E-state index contributed by atoms with van der Waals surface area (Å²) in [5.41, 5.74) is 1.37. The predicted octanol–water partition coefficient (Wildman–Crippen LogP) is 2.26. The second-order valence-electron chi connectivity index (χ2n) is 6.35. The first-order valence-corrected chi connectivity index (χ1v) is 8.40. The lowest BCUT2D eigenvalue weighted by Crippen LogP contribution is -2.48. The molecule has 2 aliphatic rings. The van der Waals surface area contributed by atoms with Crippen LogP contribution >= 0.6 is 11.6 Å². The Labute approximate surface area is 136 Å². The minimum Gasteiger partial charge on any atom is -0.378 e. The molecule has 0 aromatic heterocycles. The monoisotopic (exact) mass is 322 g/mol. The number of morpholine rings is 1. The van der Waals surface area contributed by atoms with Crippen LogP contribution in [0.5, 0.6) is 0 Å². The van der Waals surface area contributed by atoms with Crippen LogP contribution in [0, 0.1) is 0 Å². The molecule has 1 aliphatic carbocycles. The first-order chi connectivity index (χ1) is 10.7. The number of halogens is 1. The van der Waals surface area contributed by atoms with E-state index in [4.69, 9.17) is 16.3 Å². The lowest BCUT2D eigenvalue weighted by Gasteiger charge is -2.42. The molecule has 1 aromatic rings. The van der Waals surface area contributed by atoms with Crippen LogP contribution in [-0.2, 0) is 14.9 Å². The summed E-state index contributed by atoms with van der Waals surface area (Å²) in [6.45, 7) is 2.89. The van der Waals surface area contributed by atoms with Gasteiger partial charge in [-0.15, -0.1) is 0 Å². The Bertz CT molecular complexity index is 508. The van der Waals surface area contributed by atoms with E-state index in [2.05, 4.69) is 22.8 Å². The van der Waals surface area contributed by atoms with Gasteiger partial charge < -0.3 is 15.4 Å². The van der Waals surface area contributed by atoms with Crippen molar-refractivity contribution in [2.45, 2.75) is 37.1 Å². The summed E-state index contributed by atoms with van der Waals surface area (Å²) in [6, 6.07) is 8.18. The Hall–Kier alpha value is -1.10. The molecule has 2 fully saturated rings. The van der Waals surface area contributed by atoms with Gasteiger partial charge in [0.1, 0.15) is 0 Å². The van der Waals surface area contributed by atoms with Gasteiger partial charge in [0.05, 0.1) is 13.2 Å². The van der Waals surface area contributed by atoms with Gasteiger partial charge in [-0.05, 0) is 30.5 Å². The maximum absolute atomic E-state index is 12.2. The zero-order valence-electron chi connectivity index (χ0n) is 12.7. The number of hydrogen-bond donors (Lipinski definition) is 2. The SMILES string of the molecule is O=C(CC1COCCN1)NCC1(c2ccc(Cl)cc2)CCC1. The molecule has 0 bridgehead atoms. The molecule has 1 saturated carbocycles. The summed E-state index contributed by atoms with van der Waals surface area (Å²) in [5, 5.41) is 7.19. The Kier molecular flexibility index (Phi) is 5.01. The van der Waals surface area contributed by atoms with Crippen molar-refractivity contribution in [3.8, 4) is 0 Å². The van der Waals surface area contributed by atoms with Gasteiger partial charge in [-0.3, -0.25) is 4.79 Å². The lowest BCUT2D eigenvalue weighted by molar-refractivity contribution is -0.122. The number of hydrogen-bond acceptors (Lipinski definition) is 3. The number of rotatable bonds is 5. The first-order valence-electron chi connectivity index (χ1n) is 8.02. The third-order valence-electron chi connectivity index (χ3n) is 4.82. The highest BCUT2D eigenvalue weighted by atomic mass is 35.5. The van der Waals surface area contributed by atoms with Crippen molar-refractivity contribution < 1.29 is 9.53 Å². The molecule has 1 saturated heterocycles. The summed E-state index contributed by atoms with van der Waals surface area (Å²) in [4.78, 5) is 12.2. The minimum atomic E-state index is 0.0940. The molecule has 22 heavy (non-hydrogen) atoms. The molecule has 2 N–H and O–H groups in total. The van der Waals surface area contributed by atoms with Crippen LogP contribution in [0.15, 0.2) is 24.3 Å². The van der Waals surface area contributed by atoms with Crippen LogP contribution in [0.1, 0.15) is 31.2 Å². The van der Waals surface area contributed by atoms with E-state index >= 15 is 0 Å². The van der Waals surface area contributed by atoms with Gasteiger partial charge in [0.25, 0.3) is 0 Å². The topological polar surface area (TPSA) is 50.4 Å². The Balaban J connectivity index is 1.54. The maximum Gasteiger partial charge on any atom is 0.221 e. The van der Waals surface area contributed by atoms with Crippen LogP contribution in [-0.4, -0.2) is 38.3 Å². The molecule has 1 aromatic carbocycles. The number of nitrogens with one attached hydrogen (secondary N) is 2. The Morgan fingerprint density at radius 2 is 2.14 bits per heavy atom. The van der Waals surface area contributed by atoms with E-state index in [1.165, 1.54) is 12.0 Å². The third-order valence-corrected chi connectivity index (χ3v) is 5.07. The molecule has 0 radical (unpaired) electrons. The molecule has 4 nitrogen and oxygen atoms in total. The third kappa shape index (κ3) is 3.62. The number of carbonyl (C=O) groups is 1. The molecule has 1 heterocycles. The van der Waals surface area contributed by atoms with E-state index in [-0.39, 0.29) is 17.4 Å². The van der Waals surface area contributed by atoms with Gasteiger partial charge in [0.2, 0.25) is 5.91 Å². The molecule has 0 spiro atoms. The summed E-state index contributed by atoms with van der Waals surface area (Å²) < 4.78 is 5.39. The predicted molar refractivity (Wildman–Crippen MR) is 87.2 cm³/mol. The van der Waals surface area contributed by atoms with Crippen molar-refractivity contribution in [1.82, 2.24) is 10.6 Å². The fraction of sp³-hybridized carbons (Fsp3) is 0.588. The molecule has 1 aliphatic heterocycles. The van der Waals surface area contributed by atoms with Gasteiger partial charge in [-0.1, -0.05) is 30.2 Å². The quantitative estimate of drug-likeness (QED) is 0.874. The second kappa shape index (κ2) is 6.99. The molecule has 5 heteroatoms. The zero-order chi connectivity index (χ0) is 15.4. The molecular weight excluding hydrogens is 300 g/mol. The molecule has 1 atom stereocenters. The lowest BCUT2D eigenvalue weighted by atomic mass is 9.64. The molecule has 1 unspecified atom stereocenters. The van der Waals surface area contributed by atoms with Crippen molar-refractivity contribution in [3.05, 3.63) is 34.9 Å². The van der Waals surface area contributed by atoms with E-state index in [1.807, 2.05) is 12.1 Å². The number of ether oxygens (including phenoxy) is 1. The molecule has 120 valence electrons. The summed E-state index contributed by atoms with van der Waals surface area (Å²) in [7, 11) is 0. The van der Waals surface area contributed by atoms with E-state index in [1.54, 1.807) is 0 Å². The summed E-state index contributed by atoms with van der Waals surface area (Å²) in [6.07, 6.45) is 3.95. The van der Waals surface area contributed by atoms with E-state index in [9.17, 15) is 4.79 Å². The standard InChI is InChI=1S/C17H23ClN2O2/c18-14-4-2-13(3-5-14)17(6-1-7-17)12-20-16(21)10-15-11-22-9-8-19-15/h2-5,15,19H,1,6-12H2,(H,20,21). The second-order valence-corrected chi connectivity index (χ2v) is 6.78. The van der Waals surface area contributed by atoms with E-state index < -0.39 is 0 Å². The van der Waals surface area contributed by atoms with Gasteiger partial charge in [0.15, 0.2) is 0 Å². The fourth-order valence-corrected chi connectivity index (χ4v) is 3.42. The summed E-state index contributed by atoms with van der Waals surface area (Å²) >= 11 is 5.97. The fourth-order valence-electron chi connectivity index (χ4n) is 3.29. The molecule has 1 amide bonds. The largest absolute Gasteiger partial charge is 0.378 e. The Morgan fingerprint density at radius 1 is 1.36 bits per heavy atom. The number of carbonyl (C=O) groups excluding carboxylic acids is 1.